The van der Waals surface area contributed by atoms with E-state index in [-0.39, 0.29) is 11.9 Å². The SMILES string of the molecule is CC(N)CN(C)c1ccc2c(c1)NC(=O)CS2. The highest BCUT2D eigenvalue weighted by Crippen LogP contribution is 2.34. The molecule has 1 aromatic carbocycles. The Morgan fingerprint density at radius 3 is 3.06 bits per heavy atom. The van der Waals surface area contributed by atoms with Crippen molar-refractivity contribution in [2.75, 3.05) is 29.6 Å². The van der Waals surface area contributed by atoms with Crippen molar-refractivity contribution in [3.8, 4) is 0 Å². The average Bonchev–Trinajstić information content (AvgIpc) is 2.27. The van der Waals surface area contributed by atoms with Crippen LogP contribution in [0.25, 0.3) is 0 Å². The van der Waals surface area contributed by atoms with Gasteiger partial charge in [0.2, 0.25) is 5.91 Å². The van der Waals surface area contributed by atoms with Crippen molar-refractivity contribution in [3.05, 3.63) is 18.2 Å². The molecule has 1 atom stereocenters. The number of rotatable bonds is 3. The summed E-state index contributed by atoms with van der Waals surface area (Å²) in [6.45, 7) is 2.77. The molecule has 1 aliphatic rings. The van der Waals surface area contributed by atoms with Gasteiger partial charge in [-0.05, 0) is 25.1 Å². The molecule has 0 aromatic heterocycles. The van der Waals surface area contributed by atoms with E-state index in [0.29, 0.717) is 5.75 Å². The molecule has 0 bridgehead atoms. The minimum atomic E-state index is 0.0643. The molecule has 0 aliphatic carbocycles. The standard InChI is InChI=1S/C12H17N3OS/c1-8(13)6-15(2)9-3-4-11-10(5-9)14-12(16)7-17-11/h3-5,8H,6-7,13H2,1-2H3,(H,14,16). The molecule has 17 heavy (non-hydrogen) atoms. The van der Waals surface area contributed by atoms with Gasteiger partial charge in [0.1, 0.15) is 0 Å². The third-order valence-corrected chi connectivity index (χ3v) is 3.67. The molecule has 1 aliphatic heterocycles. The Hall–Kier alpha value is -1.20. The fourth-order valence-electron chi connectivity index (χ4n) is 1.85. The van der Waals surface area contributed by atoms with Gasteiger partial charge in [0.15, 0.2) is 0 Å². The van der Waals surface area contributed by atoms with Gasteiger partial charge in [-0.1, -0.05) is 0 Å². The smallest absolute Gasteiger partial charge is 0.234 e. The molecule has 1 aromatic rings. The van der Waals surface area contributed by atoms with E-state index >= 15 is 0 Å². The van der Waals surface area contributed by atoms with Gasteiger partial charge in [-0.15, -0.1) is 11.8 Å². The molecule has 3 N–H and O–H groups in total. The molecule has 4 nitrogen and oxygen atoms in total. The second-order valence-corrected chi connectivity index (χ2v) is 5.39. The average molecular weight is 251 g/mol. The van der Waals surface area contributed by atoms with Crippen molar-refractivity contribution in [2.24, 2.45) is 5.73 Å². The van der Waals surface area contributed by atoms with Crippen LogP contribution in [0.2, 0.25) is 0 Å². The minimum absolute atomic E-state index is 0.0643. The first-order valence-electron chi connectivity index (χ1n) is 5.59. The number of nitrogens with one attached hydrogen (secondary N) is 1. The molecule has 0 spiro atoms. The Morgan fingerprint density at radius 1 is 1.59 bits per heavy atom. The number of amides is 1. The Kier molecular flexibility index (Phi) is 3.59. The van der Waals surface area contributed by atoms with Gasteiger partial charge in [-0.25, -0.2) is 0 Å². The summed E-state index contributed by atoms with van der Waals surface area (Å²) < 4.78 is 0. The van der Waals surface area contributed by atoms with Gasteiger partial charge >= 0.3 is 0 Å². The molecule has 0 saturated carbocycles. The zero-order chi connectivity index (χ0) is 12.4. The lowest BCUT2D eigenvalue weighted by molar-refractivity contribution is -0.113. The van der Waals surface area contributed by atoms with Crippen molar-refractivity contribution in [1.29, 1.82) is 0 Å². The number of likely N-dealkylation sites (N-methyl/N-ethyl adjacent to an activating group) is 1. The fraction of sp³-hybridized carbons (Fsp3) is 0.417. The van der Waals surface area contributed by atoms with Crippen molar-refractivity contribution >= 4 is 29.0 Å². The second kappa shape index (κ2) is 4.98. The van der Waals surface area contributed by atoms with E-state index in [1.54, 1.807) is 11.8 Å². The maximum absolute atomic E-state index is 11.3. The summed E-state index contributed by atoms with van der Waals surface area (Å²) in [5, 5.41) is 2.89. The van der Waals surface area contributed by atoms with Crippen molar-refractivity contribution < 1.29 is 4.79 Å². The van der Waals surface area contributed by atoms with Gasteiger partial charge < -0.3 is 16.0 Å². The van der Waals surface area contributed by atoms with Gasteiger partial charge in [0.05, 0.1) is 11.4 Å². The van der Waals surface area contributed by atoms with Gasteiger partial charge in [0.25, 0.3) is 0 Å². The van der Waals surface area contributed by atoms with E-state index in [2.05, 4.69) is 16.3 Å². The van der Waals surface area contributed by atoms with E-state index in [9.17, 15) is 4.79 Å². The summed E-state index contributed by atoms with van der Waals surface area (Å²) in [6.07, 6.45) is 0. The van der Waals surface area contributed by atoms with E-state index in [1.165, 1.54) is 0 Å². The number of hydrogen-bond donors (Lipinski definition) is 2. The first-order chi connectivity index (χ1) is 8.06. The number of carbonyl (C=O) groups excluding carboxylic acids is 1. The number of carbonyl (C=O) groups is 1. The number of benzene rings is 1. The number of thioether (sulfide) groups is 1. The third kappa shape index (κ3) is 2.92. The van der Waals surface area contributed by atoms with Crippen LogP contribution >= 0.6 is 11.8 Å². The van der Waals surface area contributed by atoms with Gasteiger partial charge in [0, 0.05) is 30.2 Å². The summed E-state index contributed by atoms with van der Waals surface area (Å²) in [6, 6.07) is 6.24. The number of hydrogen-bond acceptors (Lipinski definition) is 4. The predicted octanol–water partition coefficient (Wildman–Crippen LogP) is 1.51. The van der Waals surface area contributed by atoms with E-state index in [1.807, 2.05) is 26.1 Å². The van der Waals surface area contributed by atoms with Crippen molar-refractivity contribution in [2.45, 2.75) is 17.9 Å². The van der Waals surface area contributed by atoms with Crippen LogP contribution in [0.4, 0.5) is 11.4 Å². The molecule has 92 valence electrons. The normalized spacial score (nSPS) is 16.1. The lowest BCUT2D eigenvalue weighted by Crippen LogP contribution is -2.32. The molecule has 2 rings (SSSR count). The Balaban J connectivity index is 2.20. The maximum atomic E-state index is 11.3. The molecular weight excluding hydrogens is 234 g/mol. The van der Waals surface area contributed by atoms with E-state index in [0.717, 1.165) is 22.8 Å². The van der Waals surface area contributed by atoms with Crippen LogP contribution in [0.5, 0.6) is 0 Å². The number of fused-ring (bicyclic) bond motifs is 1. The highest BCUT2D eigenvalue weighted by molar-refractivity contribution is 8.00. The first kappa shape index (κ1) is 12.3. The molecule has 5 heteroatoms. The van der Waals surface area contributed by atoms with Crippen LogP contribution in [-0.2, 0) is 4.79 Å². The summed E-state index contributed by atoms with van der Waals surface area (Å²) in [5.41, 5.74) is 7.75. The third-order valence-electron chi connectivity index (χ3n) is 2.60. The maximum Gasteiger partial charge on any atom is 0.234 e. The van der Waals surface area contributed by atoms with Crippen LogP contribution in [-0.4, -0.2) is 31.3 Å². The Bertz CT molecular complexity index is 434. The van der Waals surface area contributed by atoms with E-state index < -0.39 is 0 Å². The molecular formula is C12H17N3OS. The van der Waals surface area contributed by atoms with Crippen molar-refractivity contribution in [3.63, 3.8) is 0 Å². The Morgan fingerprint density at radius 2 is 2.35 bits per heavy atom. The van der Waals surface area contributed by atoms with Crippen molar-refractivity contribution in [1.82, 2.24) is 0 Å². The highest BCUT2D eigenvalue weighted by atomic mass is 32.2. The highest BCUT2D eigenvalue weighted by Gasteiger charge is 2.16. The first-order valence-corrected chi connectivity index (χ1v) is 6.58. The molecule has 0 radical (unpaired) electrons. The quantitative estimate of drug-likeness (QED) is 0.855. The lowest BCUT2D eigenvalue weighted by Gasteiger charge is -2.24. The molecule has 0 saturated heterocycles. The number of nitrogens with zero attached hydrogens (tertiary/aromatic N) is 1. The Labute approximate surface area is 106 Å². The van der Waals surface area contributed by atoms with Crippen LogP contribution in [0, 0.1) is 0 Å². The summed E-state index contributed by atoms with van der Waals surface area (Å²) in [7, 11) is 2.00. The van der Waals surface area contributed by atoms with Crippen LogP contribution < -0.4 is 16.0 Å². The zero-order valence-electron chi connectivity index (χ0n) is 10.1. The fourth-order valence-corrected chi connectivity index (χ4v) is 2.63. The summed E-state index contributed by atoms with van der Waals surface area (Å²) >= 11 is 1.58. The largest absolute Gasteiger partial charge is 0.373 e. The molecule has 1 heterocycles. The summed E-state index contributed by atoms with van der Waals surface area (Å²) in [4.78, 5) is 14.5. The number of anilines is 2. The monoisotopic (exact) mass is 251 g/mol. The molecule has 1 amide bonds. The van der Waals surface area contributed by atoms with Crippen LogP contribution in [0.15, 0.2) is 23.1 Å². The summed E-state index contributed by atoms with van der Waals surface area (Å²) in [5.74, 6) is 0.566. The van der Waals surface area contributed by atoms with Crippen LogP contribution in [0.3, 0.4) is 0 Å². The molecule has 1 unspecified atom stereocenters. The number of nitrogens with two attached hydrogens (primary N) is 1. The van der Waals surface area contributed by atoms with Crippen LogP contribution in [0.1, 0.15) is 6.92 Å². The van der Waals surface area contributed by atoms with Gasteiger partial charge in [-0.3, -0.25) is 4.79 Å². The van der Waals surface area contributed by atoms with Gasteiger partial charge in [-0.2, -0.15) is 0 Å². The molecule has 0 fully saturated rings. The second-order valence-electron chi connectivity index (χ2n) is 4.38. The topological polar surface area (TPSA) is 58.4 Å². The zero-order valence-corrected chi connectivity index (χ0v) is 10.9. The lowest BCUT2D eigenvalue weighted by atomic mass is 10.2. The van der Waals surface area contributed by atoms with E-state index in [4.69, 9.17) is 5.73 Å². The minimum Gasteiger partial charge on any atom is -0.373 e. The predicted molar refractivity (Wildman–Crippen MR) is 72.7 cm³/mol.